The van der Waals surface area contributed by atoms with E-state index in [-0.39, 0.29) is 29.5 Å². The van der Waals surface area contributed by atoms with Crippen LogP contribution in [0.4, 0.5) is 0 Å². The summed E-state index contributed by atoms with van der Waals surface area (Å²) in [5, 5.41) is 1.54. The van der Waals surface area contributed by atoms with Crippen LogP contribution in [0.25, 0.3) is 10.8 Å². The Hall–Kier alpha value is -1.82. The van der Waals surface area contributed by atoms with Gasteiger partial charge in [0.2, 0.25) is 0 Å². The molecule has 0 atom stereocenters. The second-order valence-corrected chi connectivity index (χ2v) is 5.51. The predicted octanol–water partition coefficient (Wildman–Crippen LogP) is 3.11. The molecule has 24 heavy (non-hydrogen) atoms. The predicted molar refractivity (Wildman–Crippen MR) is 101 cm³/mol. The molecule has 130 valence electrons. The molecule has 0 aromatic heterocycles. The Morgan fingerprint density at radius 1 is 0.917 bits per heavy atom. The number of ether oxygens (including phenoxy) is 2. The molecule has 0 aliphatic rings. The van der Waals surface area contributed by atoms with E-state index in [1.807, 2.05) is 45.0 Å². The summed E-state index contributed by atoms with van der Waals surface area (Å²) in [6, 6.07) is 9.22. The Balaban J connectivity index is 0.00000288. The van der Waals surface area contributed by atoms with Crippen LogP contribution in [0, 0.1) is 6.92 Å². The van der Waals surface area contributed by atoms with Gasteiger partial charge in [-0.3, -0.25) is 9.59 Å². The van der Waals surface area contributed by atoms with E-state index < -0.39 is 0 Å². The number of hydrogen-bond donors (Lipinski definition) is 0. The molecule has 0 fully saturated rings. The summed E-state index contributed by atoms with van der Waals surface area (Å²) < 4.78 is 11.0. The van der Waals surface area contributed by atoms with Gasteiger partial charge in [0.05, 0.1) is 0 Å². The fourth-order valence-electron chi connectivity index (χ4n) is 2.42. The summed E-state index contributed by atoms with van der Waals surface area (Å²) in [6.07, 6.45) is 2.23. The van der Waals surface area contributed by atoms with Gasteiger partial charge in [0.15, 0.2) is 0 Å². The Labute approximate surface area is 153 Å². The van der Waals surface area contributed by atoms with E-state index in [1.54, 1.807) is 6.07 Å². The Morgan fingerprint density at radius 3 is 2.04 bits per heavy atom. The van der Waals surface area contributed by atoms with Crippen molar-refractivity contribution in [3.05, 3.63) is 35.9 Å². The molecule has 0 amide bonds. The standard InChI is InChI=1S/C19H22O4.GeH4/c1-4-8-17(20)22-16-12-13(3)19(23-18(21)9-5-2)15-11-7-6-10-14(15)16;/h6-7,10-12H,4-5,8-9H2,1-3H3;1H4. The number of aryl methyl sites for hydroxylation is 1. The van der Waals surface area contributed by atoms with Crippen LogP contribution in [0.2, 0.25) is 0 Å². The van der Waals surface area contributed by atoms with Crippen molar-refractivity contribution in [3.8, 4) is 11.5 Å². The van der Waals surface area contributed by atoms with E-state index in [9.17, 15) is 9.59 Å². The number of rotatable bonds is 6. The van der Waals surface area contributed by atoms with Gasteiger partial charge in [-0.25, -0.2) is 0 Å². The number of fused-ring (bicyclic) bond motifs is 1. The number of carbonyl (C=O) groups excluding carboxylic acids is 2. The van der Waals surface area contributed by atoms with Crippen LogP contribution in [-0.4, -0.2) is 29.5 Å². The van der Waals surface area contributed by atoms with Crippen LogP contribution < -0.4 is 9.47 Å². The molecule has 0 saturated carbocycles. The van der Waals surface area contributed by atoms with Crippen LogP contribution in [-0.2, 0) is 9.59 Å². The molecule has 0 aliphatic heterocycles. The average Bonchev–Trinajstić information content (AvgIpc) is 2.51. The van der Waals surface area contributed by atoms with Gasteiger partial charge in [-0.05, 0) is 31.4 Å². The van der Waals surface area contributed by atoms with Gasteiger partial charge in [0, 0.05) is 23.6 Å². The molecule has 2 rings (SSSR count). The molecule has 0 N–H and O–H groups in total. The first-order valence-electron chi connectivity index (χ1n) is 8.00. The van der Waals surface area contributed by atoms with Crippen molar-refractivity contribution in [1.29, 1.82) is 0 Å². The Bertz CT molecular complexity index is 725. The van der Waals surface area contributed by atoms with E-state index in [4.69, 9.17) is 9.47 Å². The van der Waals surface area contributed by atoms with Crippen molar-refractivity contribution < 1.29 is 19.1 Å². The van der Waals surface area contributed by atoms with E-state index >= 15 is 0 Å². The van der Waals surface area contributed by atoms with Crippen molar-refractivity contribution in [2.24, 2.45) is 0 Å². The maximum atomic E-state index is 11.8. The quantitative estimate of drug-likeness (QED) is 0.432. The van der Waals surface area contributed by atoms with Gasteiger partial charge in [-0.1, -0.05) is 38.1 Å². The second-order valence-electron chi connectivity index (χ2n) is 5.51. The molecular formula is C19H26GeO4. The number of hydrogen-bond acceptors (Lipinski definition) is 4. The molecule has 0 saturated heterocycles. The monoisotopic (exact) mass is 392 g/mol. The molecule has 4 nitrogen and oxygen atoms in total. The Kier molecular flexibility index (Phi) is 7.98. The van der Waals surface area contributed by atoms with Crippen LogP contribution in [0.3, 0.4) is 0 Å². The van der Waals surface area contributed by atoms with E-state index in [0.29, 0.717) is 24.3 Å². The molecule has 0 radical (unpaired) electrons. The molecule has 0 aliphatic carbocycles. The van der Waals surface area contributed by atoms with Crippen LogP contribution in [0.1, 0.15) is 45.1 Å². The molecule has 2 aromatic carbocycles. The van der Waals surface area contributed by atoms with Crippen LogP contribution >= 0.6 is 0 Å². The van der Waals surface area contributed by atoms with Crippen molar-refractivity contribution >= 4 is 40.3 Å². The van der Waals surface area contributed by atoms with Crippen molar-refractivity contribution in [2.75, 3.05) is 0 Å². The molecular weight excluding hydrogens is 365 g/mol. The van der Waals surface area contributed by atoms with Gasteiger partial charge in [0.25, 0.3) is 0 Å². The number of carbonyl (C=O) groups is 2. The average molecular weight is 391 g/mol. The van der Waals surface area contributed by atoms with Gasteiger partial charge in [0.1, 0.15) is 11.5 Å². The number of esters is 2. The molecule has 0 heterocycles. The maximum absolute atomic E-state index is 11.8. The van der Waals surface area contributed by atoms with E-state index in [0.717, 1.165) is 29.2 Å². The van der Waals surface area contributed by atoms with Gasteiger partial charge in [-0.2, -0.15) is 0 Å². The molecule has 0 bridgehead atoms. The summed E-state index contributed by atoms with van der Waals surface area (Å²) in [5.41, 5.74) is 0.771. The summed E-state index contributed by atoms with van der Waals surface area (Å²) in [7, 11) is 0. The molecule has 0 unspecified atom stereocenters. The summed E-state index contributed by atoms with van der Waals surface area (Å²) in [4.78, 5) is 23.7. The summed E-state index contributed by atoms with van der Waals surface area (Å²) in [5.74, 6) is 0.533. The third kappa shape index (κ3) is 4.84. The zero-order chi connectivity index (χ0) is 16.8. The SMILES string of the molecule is CCCC(=O)Oc1cc(C)c(OC(=O)CCC)c2ccccc12.[GeH4]. The van der Waals surface area contributed by atoms with Crippen molar-refractivity contribution in [3.63, 3.8) is 0 Å². The number of benzene rings is 2. The van der Waals surface area contributed by atoms with E-state index in [1.165, 1.54) is 0 Å². The molecule has 2 aromatic rings. The topological polar surface area (TPSA) is 52.6 Å². The first kappa shape index (κ1) is 20.2. The first-order chi connectivity index (χ1) is 11.1. The Morgan fingerprint density at radius 2 is 1.46 bits per heavy atom. The van der Waals surface area contributed by atoms with Crippen molar-refractivity contribution in [1.82, 2.24) is 0 Å². The minimum atomic E-state index is -0.257. The molecule has 5 heteroatoms. The van der Waals surface area contributed by atoms with Crippen molar-refractivity contribution in [2.45, 2.75) is 46.5 Å². The van der Waals surface area contributed by atoms with Gasteiger partial charge in [-0.15, -0.1) is 0 Å². The summed E-state index contributed by atoms with van der Waals surface area (Å²) >= 11 is 0. The fourth-order valence-corrected chi connectivity index (χ4v) is 2.42. The zero-order valence-corrected chi connectivity index (χ0v) is 13.8. The third-order valence-corrected chi connectivity index (χ3v) is 3.49. The summed E-state index contributed by atoms with van der Waals surface area (Å²) in [6.45, 7) is 5.71. The van der Waals surface area contributed by atoms with Crippen LogP contribution in [0.15, 0.2) is 30.3 Å². The second kappa shape index (κ2) is 9.47. The molecule has 0 spiro atoms. The van der Waals surface area contributed by atoms with Gasteiger partial charge < -0.3 is 9.47 Å². The first-order valence-corrected chi connectivity index (χ1v) is 8.00. The van der Waals surface area contributed by atoms with Crippen LogP contribution in [0.5, 0.6) is 11.5 Å². The van der Waals surface area contributed by atoms with Gasteiger partial charge >= 0.3 is 29.5 Å². The minimum absolute atomic E-state index is 0. The zero-order valence-electron chi connectivity index (χ0n) is 13.8. The normalized spacial score (nSPS) is 10.1. The fraction of sp³-hybridized carbons (Fsp3) is 0.368. The van der Waals surface area contributed by atoms with E-state index in [2.05, 4.69) is 0 Å². The third-order valence-electron chi connectivity index (χ3n) is 3.49.